The molecule has 0 amide bonds. The van der Waals surface area contributed by atoms with Gasteiger partial charge in [0.2, 0.25) is 0 Å². The molecule has 0 aromatic heterocycles. The summed E-state index contributed by atoms with van der Waals surface area (Å²) < 4.78 is 9.46. The summed E-state index contributed by atoms with van der Waals surface area (Å²) in [7, 11) is 2.50. The molecule has 0 fully saturated rings. The van der Waals surface area contributed by atoms with E-state index in [2.05, 4.69) is 10.9 Å². The second kappa shape index (κ2) is 4.78. The van der Waals surface area contributed by atoms with Crippen LogP contribution >= 0.6 is 0 Å². The fourth-order valence-electron chi connectivity index (χ4n) is 0.144. The quantitative estimate of drug-likeness (QED) is 0.255. The zero-order valence-corrected chi connectivity index (χ0v) is 3.69. The Morgan fingerprint density at radius 1 is 1.83 bits per heavy atom. The van der Waals surface area contributed by atoms with Crippen LogP contribution in [0.1, 0.15) is 0 Å². The molecule has 2 N–H and O–H groups in total. The summed E-state index contributed by atoms with van der Waals surface area (Å²) in [5, 5.41) is 0. The molecule has 0 unspecified atom stereocenters. The average Bonchev–Trinajstić information content (AvgIpc) is 1.61. The van der Waals surface area contributed by atoms with Crippen molar-refractivity contribution in [3.63, 3.8) is 0 Å². The summed E-state index contributed by atoms with van der Waals surface area (Å²) in [6, 6.07) is 0. The summed E-state index contributed by atoms with van der Waals surface area (Å²) in [6.45, 7) is 0. The normalized spacial score (nSPS) is 7.50. The first-order chi connectivity index (χ1) is 2.91. The Kier molecular flexibility index (Phi) is 4.61. The van der Waals surface area contributed by atoms with Gasteiger partial charge in [-0.05, 0) is 0 Å². The van der Waals surface area contributed by atoms with Crippen LogP contribution in [0.4, 0.5) is 0 Å². The monoisotopic (exact) mass is 86.1 g/mol. The first-order valence-electron chi connectivity index (χ1n) is 1.75. The third-order valence-electron chi connectivity index (χ3n) is 0.362. The fraction of sp³-hybridized carbons (Fsp3) is 1.00. The van der Waals surface area contributed by atoms with Gasteiger partial charge >= 0.3 is 36.2 Å². The molecular weight excluding hydrogens is 78.8 g/mol. The predicted molar refractivity (Wildman–Crippen MR) is 23.5 cm³/mol. The van der Waals surface area contributed by atoms with E-state index >= 15 is 0 Å². The zero-order valence-electron chi connectivity index (χ0n) is 3.69. The molecule has 0 saturated heterocycles. The topological polar surface area (TPSA) is 41.1 Å². The molecule has 0 saturated carbocycles. The first-order valence-corrected chi connectivity index (χ1v) is 1.75. The SMILES string of the molecule is CNNCB=O. The van der Waals surface area contributed by atoms with Crippen LogP contribution in [0.5, 0.6) is 0 Å². The van der Waals surface area contributed by atoms with Gasteiger partial charge in [-0.2, -0.15) is 0 Å². The Hall–Kier alpha value is -0.215. The second-order valence-electron chi connectivity index (χ2n) is 0.798. The van der Waals surface area contributed by atoms with E-state index in [1.54, 1.807) is 7.05 Å². The molecule has 0 aliphatic rings. The number of nitrogens with one attached hydrogen (secondary N) is 2. The standard InChI is InChI=1S/C2H7BN2O/c1-4-5-2-3-6/h4-5H,2H2,1H3. The maximum absolute atomic E-state index is 9.46. The fourth-order valence-corrected chi connectivity index (χ4v) is 0.144. The first kappa shape index (κ1) is 5.78. The molecule has 0 aromatic rings. The van der Waals surface area contributed by atoms with Crippen molar-refractivity contribution in [3.05, 3.63) is 0 Å². The van der Waals surface area contributed by atoms with Gasteiger partial charge in [-0.3, -0.25) is 0 Å². The van der Waals surface area contributed by atoms with Crippen LogP contribution in [0.25, 0.3) is 0 Å². The molecule has 3 nitrogen and oxygen atoms in total. The molecule has 0 bridgehead atoms. The van der Waals surface area contributed by atoms with Gasteiger partial charge < -0.3 is 0 Å². The Balaban J connectivity index is 2.49. The number of hydrazine groups is 1. The molecule has 0 radical (unpaired) electrons. The molecule has 0 spiro atoms. The van der Waals surface area contributed by atoms with E-state index in [4.69, 9.17) is 0 Å². The van der Waals surface area contributed by atoms with Gasteiger partial charge in [-0.1, -0.05) is 0 Å². The summed E-state index contributed by atoms with van der Waals surface area (Å²) in [4.78, 5) is 0. The summed E-state index contributed by atoms with van der Waals surface area (Å²) >= 11 is 0. The van der Waals surface area contributed by atoms with Gasteiger partial charge in [0.25, 0.3) is 0 Å². The van der Waals surface area contributed by atoms with Crippen LogP contribution in [0.3, 0.4) is 0 Å². The van der Waals surface area contributed by atoms with Crippen LogP contribution in [-0.4, -0.2) is 20.6 Å². The van der Waals surface area contributed by atoms with Gasteiger partial charge in [0.15, 0.2) is 0 Å². The Morgan fingerprint density at radius 2 is 2.50 bits per heavy atom. The zero-order chi connectivity index (χ0) is 4.83. The predicted octanol–water partition coefficient (Wildman–Crippen LogP) is -1.28. The van der Waals surface area contributed by atoms with Crippen molar-refractivity contribution in [1.82, 2.24) is 10.9 Å². The van der Waals surface area contributed by atoms with Gasteiger partial charge in [0.05, 0.1) is 0 Å². The Bertz CT molecular complexity index is 40.5. The molecule has 0 heterocycles. The molecular formula is C2H7BN2O. The van der Waals surface area contributed by atoms with Crippen LogP contribution < -0.4 is 10.9 Å². The summed E-state index contributed by atoms with van der Waals surface area (Å²) in [5.74, 6) is 0. The minimum atomic E-state index is 0.372. The van der Waals surface area contributed by atoms with E-state index in [1.165, 1.54) is 0 Å². The van der Waals surface area contributed by atoms with E-state index in [1.807, 2.05) is 0 Å². The maximum atomic E-state index is 9.46. The Morgan fingerprint density at radius 3 is 2.67 bits per heavy atom. The van der Waals surface area contributed by atoms with Crippen LogP contribution in [0.15, 0.2) is 0 Å². The van der Waals surface area contributed by atoms with E-state index < -0.39 is 0 Å². The Labute approximate surface area is 37.3 Å². The van der Waals surface area contributed by atoms with E-state index in [0.717, 1.165) is 7.15 Å². The second-order valence-corrected chi connectivity index (χ2v) is 0.798. The van der Waals surface area contributed by atoms with Crippen molar-refractivity contribution in [2.24, 2.45) is 0 Å². The molecule has 0 aliphatic carbocycles. The molecule has 4 heteroatoms. The van der Waals surface area contributed by atoms with E-state index in [9.17, 15) is 4.70 Å². The van der Waals surface area contributed by atoms with Crippen molar-refractivity contribution >= 4 is 7.15 Å². The molecule has 6 heavy (non-hydrogen) atoms. The number of hydrogen-bond acceptors (Lipinski definition) is 3. The number of rotatable bonds is 3. The third-order valence-corrected chi connectivity index (χ3v) is 0.362. The third kappa shape index (κ3) is 3.78. The van der Waals surface area contributed by atoms with E-state index in [-0.39, 0.29) is 0 Å². The molecule has 0 atom stereocenters. The van der Waals surface area contributed by atoms with Crippen LogP contribution in [0.2, 0.25) is 0 Å². The van der Waals surface area contributed by atoms with Crippen molar-refractivity contribution in [2.45, 2.75) is 0 Å². The van der Waals surface area contributed by atoms with Crippen molar-refractivity contribution in [3.8, 4) is 0 Å². The molecule has 34 valence electrons. The van der Waals surface area contributed by atoms with Gasteiger partial charge in [0, 0.05) is 0 Å². The van der Waals surface area contributed by atoms with Gasteiger partial charge in [-0.25, -0.2) is 0 Å². The molecule has 0 rings (SSSR count). The molecule has 0 aliphatic heterocycles. The van der Waals surface area contributed by atoms with E-state index in [0.29, 0.717) is 6.44 Å². The van der Waals surface area contributed by atoms with Crippen molar-refractivity contribution in [2.75, 3.05) is 13.5 Å². The van der Waals surface area contributed by atoms with Crippen LogP contribution in [-0.2, 0) is 4.70 Å². The van der Waals surface area contributed by atoms with Gasteiger partial charge in [-0.15, -0.1) is 0 Å². The molecule has 0 aromatic carbocycles. The van der Waals surface area contributed by atoms with Crippen molar-refractivity contribution in [1.29, 1.82) is 0 Å². The van der Waals surface area contributed by atoms with Crippen LogP contribution in [0, 0.1) is 0 Å². The summed E-state index contributed by atoms with van der Waals surface area (Å²) in [5.41, 5.74) is 5.17. The number of hydrogen-bond donors (Lipinski definition) is 2. The van der Waals surface area contributed by atoms with Crippen molar-refractivity contribution < 1.29 is 4.70 Å². The minimum absolute atomic E-state index is 0.372. The van der Waals surface area contributed by atoms with Gasteiger partial charge in [0.1, 0.15) is 0 Å². The summed E-state index contributed by atoms with van der Waals surface area (Å²) in [6.07, 6.45) is 0.372. The average molecular weight is 85.9 g/mol.